The molecule has 0 radical (unpaired) electrons. The van der Waals surface area contributed by atoms with Gasteiger partial charge in [-0.15, -0.1) is 0 Å². The summed E-state index contributed by atoms with van der Waals surface area (Å²) >= 11 is 0. The van der Waals surface area contributed by atoms with Gasteiger partial charge in [0.15, 0.2) is 0 Å². The highest BCUT2D eigenvalue weighted by molar-refractivity contribution is 5.31. The molecule has 0 amide bonds. The lowest BCUT2D eigenvalue weighted by atomic mass is 10.2. The first-order valence-corrected chi connectivity index (χ1v) is 6.59. The minimum atomic E-state index is -4.70. The zero-order valence-corrected chi connectivity index (χ0v) is 11.4. The molecule has 0 heterocycles. The first kappa shape index (κ1) is 16.8. The maximum absolute atomic E-state index is 13.0. The topological polar surface area (TPSA) is 21.3 Å². The van der Waals surface area contributed by atoms with Crippen LogP contribution in [-0.2, 0) is 6.18 Å². The van der Waals surface area contributed by atoms with Crippen molar-refractivity contribution in [3.05, 3.63) is 29.6 Å². The highest BCUT2D eigenvalue weighted by atomic mass is 19.4. The van der Waals surface area contributed by atoms with Gasteiger partial charge in [-0.3, -0.25) is 0 Å². The number of nitrogens with one attached hydrogen (secondary N) is 1. The van der Waals surface area contributed by atoms with Crippen LogP contribution in [0.4, 0.5) is 17.6 Å². The van der Waals surface area contributed by atoms with Crippen molar-refractivity contribution in [2.45, 2.75) is 31.9 Å². The number of hydrogen-bond acceptors (Lipinski definition) is 2. The number of benzene rings is 1. The smallest absolute Gasteiger partial charge is 0.419 e. The molecule has 0 aliphatic heterocycles. The number of rotatable bonds is 8. The van der Waals surface area contributed by atoms with E-state index in [4.69, 9.17) is 4.74 Å². The first-order valence-electron chi connectivity index (χ1n) is 6.59. The molecule has 0 aliphatic carbocycles. The fourth-order valence-electron chi connectivity index (χ4n) is 1.76. The van der Waals surface area contributed by atoms with E-state index in [9.17, 15) is 17.6 Å². The summed E-state index contributed by atoms with van der Waals surface area (Å²) in [5.74, 6) is -1.23. The van der Waals surface area contributed by atoms with Crippen LogP contribution < -0.4 is 10.1 Å². The van der Waals surface area contributed by atoms with E-state index in [1.807, 2.05) is 7.05 Å². The van der Waals surface area contributed by atoms with Gasteiger partial charge in [0.2, 0.25) is 0 Å². The Hall–Kier alpha value is -1.30. The number of unbranched alkanes of at least 4 members (excludes halogenated alkanes) is 3. The van der Waals surface area contributed by atoms with Crippen LogP contribution in [-0.4, -0.2) is 20.2 Å². The fourth-order valence-corrected chi connectivity index (χ4v) is 1.76. The van der Waals surface area contributed by atoms with Gasteiger partial charge < -0.3 is 10.1 Å². The molecule has 114 valence electrons. The van der Waals surface area contributed by atoms with Gasteiger partial charge in [-0.1, -0.05) is 12.8 Å². The zero-order valence-electron chi connectivity index (χ0n) is 11.4. The van der Waals surface area contributed by atoms with Crippen molar-refractivity contribution >= 4 is 0 Å². The molecule has 1 aromatic carbocycles. The van der Waals surface area contributed by atoms with Gasteiger partial charge >= 0.3 is 6.18 Å². The van der Waals surface area contributed by atoms with Crippen molar-refractivity contribution in [1.82, 2.24) is 5.32 Å². The highest BCUT2D eigenvalue weighted by Gasteiger charge is 2.34. The average molecular weight is 293 g/mol. The van der Waals surface area contributed by atoms with Crippen LogP contribution in [0, 0.1) is 5.82 Å². The molecule has 2 nitrogen and oxygen atoms in total. The third-order valence-electron chi connectivity index (χ3n) is 2.83. The summed E-state index contributed by atoms with van der Waals surface area (Å²) in [6, 6.07) is 2.70. The molecule has 20 heavy (non-hydrogen) atoms. The largest absolute Gasteiger partial charge is 0.494 e. The van der Waals surface area contributed by atoms with Gasteiger partial charge in [-0.05, 0) is 44.6 Å². The Morgan fingerprint density at radius 1 is 1.10 bits per heavy atom. The molecule has 6 heteroatoms. The van der Waals surface area contributed by atoms with Crippen molar-refractivity contribution in [1.29, 1.82) is 0 Å². The number of alkyl halides is 3. The van der Waals surface area contributed by atoms with E-state index < -0.39 is 17.6 Å². The summed E-state index contributed by atoms with van der Waals surface area (Å²) in [6.45, 7) is 1.29. The normalized spacial score (nSPS) is 11.7. The van der Waals surface area contributed by atoms with Crippen LogP contribution in [0.1, 0.15) is 31.2 Å². The lowest BCUT2D eigenvalue weighted by molar-refractivity contribution is -0.140. The summed E-state index contributed by atoms with van der Waals surface area (Å²) in [6.07, 6.45) is -0.874. The van der Waals surface area contributed by atoms with Crippen molar-refractivity contribution in [2.75, 3.05) is 20.2 Å². The van der Waals surface area contributed by atoms with Gasteiger partial charge in [-0.2, -0.15) is 13.2 Å². The van der Waals surface area contributed by atoms with E-state index in [-0.39, 0.29) is 5.75 Å². The third kappa shape index (κ3) is 5.77. The van der Waals surface area contributed by atoms with Gasteiger partial charge in [0.05, 0.1) is 12.2 Å². The fraction of sp³-hybridized carbons (Fsp3) is 0.571. The van der Waals surface area contributed by atoms with Gasteiger partial charge in [-0.25, -0.2) is 4.39 Å². The summed E-state index contributed by atoms with van der Waals surface area (Å²) in [4.78, 5) is 0. The second-order valence-corrected chi connectivity index (χ2v) is 4.51. The Bertz CT molecular complexity index is 407. The average Bonchev–Trinajstić information content (AvgIpc) is 2.38. The van der Waals surface area contributed by atoms with E-state index >= 15 is 0 Å². The molecule has 0 saturated carbocycles. The number of hydrogen-bond donors (Lipinski definition) is 1. The van der Waals surface area contributed by atoms with Crippen molar-refractivity contribution < 1.29 is 22.3 Å². The molecular weight excluding hydrogens is 274 g/mol. The number of halogens is 4. The SMILES string of the molecule is CNCCCCCCOc1ccc(F)c(C(F)(F)F)c1. The lowest BCUT2D eigenvalue weighted by Crippen LogP contribution is -2.09. The van der Waals surface area contributed by atoms with E-state index in [1.165, 1.54) is 6.07 Å². The summed E-state index contributed by atoms with van der Waals surface area (Å²) < 4.78 is 55.7. The summed E-state index contributed by atoms with van der Waals surface area (Å²) in [7, 11) is 1.88. The van der Waals surface area contributed by atoms with Crippen molar-refractivity contribution in [3.8, 4) is 5.75 Å². The molecule has 0 unspecified atom stereocenters. The number of ether oxygens (including phenoxy) is 1. The molecule has 0 aliphatic rings. The molecule has 0 spiro atoms. The van der Waals surface area contributed by atoms with Gasteiger partial charge in [0.25, 0.3) is 0 Å². The Kier molecular flexibility index (Phi) is 6.78. The van der Waals surface area contributed by atoms with Crippen molar-refractivity contribution in [3.63, 3.8) is 0 Å². The molecule has 1 rings (SSSR count). The van der Waals surface area contributed by atoms with E-state index in [0.717, 1.165) is 38.3 Å². The molecule has 0 saturated heterocycles. The van der Waals surface area contributed by atoms with Crippen molar-refractivity contribution in [2.24, 2.45) is 0 Å². The Labute approximate surface area is 116 Å². The molecule has 1 N–H and O–H groups in total. The Morgan fingerprint density at radius 3 is 2.45 bits per heavy atom. The Morgan fingerprint density at radius 2 is 1.80 bits per heavy atom. The van der Waals surface area contributed by atoms with Gasteiger partial charge in [0.1, 0.15) is 11.6 Å². The Balaban J connectivity index is 2.38. The minimum absolute atomic E-state index is 0.0500. The van der Waals surface area contributed by atoms with Crippen LogP contribution in [0.5, 0.6) is 5.75 Å². The van der Waals surface area contributed by atoms with Crippen LogP contribution in [0.2, 0.25) is 0 Å². The summed E-state index contributed by atoms with van der Waals surface area (Å²) in [5.41, 5.74) is -1.29. The lowest BCUT2D eigenvalue weighted by Gasteiger charge is -2.11. The minimum Gasteiger partial charge on any atom is -0.494 e. The predicted molar refractivity (Wildman–Crippen MR) is 69.3 cm³/mol. The second kappa shape index (κ2) is 8.09. The van der Waals surface area contributed by atoms with E-state index in [0.29, 0.717) is 12.7 Å². The van der Waals surface area contributed by atoms with E-state index in [1.54, 1.807) is 0 Å². The maximum atomic E-state index is 13.0. The maximum Gasteiger partial charge on any atom is 0.419 e. The first-order chi connectivity index (χ1) is 9.45. The van der Waals surface area contributed by atoms with Crippen LogP contribution in [0.15, 0.2) is 18.2 Å². The quantitative estimate of drug-likeness (QED) is 0.578. The zero-order chi connectivity index (χ0) is 15.0. The van der Waals surface area contributed by atoms with Crippen LogP contribution in [0.25, 0.3) is 0 Å². The monoisotopic (exact) mass is 293 g/mol. The molecule has 0 atom stereocenters. The van der Waals surface area contributed by atoms with E-state index in [2.05, 4.69) is 5.32 Å². The molecule has 0 aromatic heterocycles. The molecule has 0 bridgehead atoms. The standard InChI is InChI=1S/C14H19F4NO/c1-19-8-4-2-3-5-9-20-11-6-7-13(15)12(10-11)14(16,17)18/h6-7,10,19H,2-5,8-9H2,1H3. The predicted octanol–water partition coefficient (Wildman–Crippen LogP) is 4.00. The molecule has 0 fully saturated rings. The second-order valence-electron chi connectivity index (χ2n) is 4.51. The third-order valence-corrected chi connectivity index (χ3v) is 2.83. The summed E-state index contributed by atoms with van der Waals surface area (Å²) in [5, 5.41) is 3.04. The van der Waals surface area contributed by atoms with Crippen LogP contribution in [0.3, 0.4) is 0 Å². The van der Waals surface area contributed by atoms with Crippen LogP contribution >= 0.6 is 0 Å². The van der Waals surface area contributed by atoms with Gasteiger partial charge in [0, 0.05) is 0 Å². The molecule has 1 aromatic rings. The highest BCUT2D eigenvalue weighted by Crippen LogP contribution is 2.33. The molecular formula is C14H19F4NO.